The molecule has 1 rings (SSSR count). The lowest BCUT2D eigenvalue weighted by atomic mass is 10.0. The average molecular weight is 168 g/mol. The van der Waals surface area contributed by atoms with Crippen molar-refractivity contribution in [3.8, 4) is 0 Å². The van der Waals surface area contributed by atoms with Gasteiger partial charge in [-0.15, -0.1) is 0 Å². The Hall–Kier alpha value is -1.32. The summed E-state index contributed by atoms with van der Waals surface area (Å²) in [6, 6.07) is 0. The van der Waals surface area contributed by atoms with E-state index >= 15 is 0 Å². The minimum atomic E-state index is -0.812. The van der Waals surface area contributed by atoms with Crippen LogP contribution >= 0.6 is 0 Å². The topological polar surface area (TPSA) is 66.0 Å². The van der Waals surface area contributed by atoms with E-state index in [1.54, 1.807) is 0 Å². The first-order valence-corrected chi connectivity index (χ1v) is 3.89. The van der Waals surface area contributed by atoms with Gasteiger partial charge in [-0.25, -0.2) is 4.98 Å². The first-order valence-electron chi connectivity index (χ1n) is 3.89. The number of carboxylic acid groups (broad SMARTS) is 1. The Balaban J connectivity index is 2.94. The Morgan fingerprint density at radius 3 is 2.83 bits per heavy atom. The van der Waals surface area contributed by atoms with Crippen LogP contribution in [0.2, 0.25) is 0 Å². The Bertz CT molecular complexity index is 280. The van der Waals surface area contributed by atoms with E-state index < -0.39 is 11.9 Å². The number of aromatic amines is 1. The maximum absolute atomic E-state index is 10.7. The van der Waals surface area contributed by atoms with Gasteiger partial charge < -0.3 is 10.1 Å². The largest absolute Gasteiger partial charge is 0.481 e. The molecule has 0 aromatic carbocycles. The van der Waals surface area contributed by atoms with Crippen molar-refractivity contribution >= 4 is 5.97 Å². The summed E-state index contributed by atoms with van der Waals surface area (Å²) in [5, 5.41) is 8.82. The summed E-state index contributed by atoms with van der Waals surface area (Å²) in [6.07, 6.45) is 2.09. The van der Waals surface area contributed by atoms with E-state index in [2.05, 4.69) is 9.97 Å². The summed E-state index contributed by atoms with van der Waals surface area (Å²) in [6.45, 7) is 3.67. The van der Waals surface area contributed by atoms with Crippen molar-refractivity contribution < 1.29 is 9.90 Å². The van der Waals surface area contributed by atoms with Crippen molar-refractivity contribution in [3.63, 3.8) is 0 Å². The molecule has 0 amide bonds. The Kier molecular flexibility index (Phi) is 2.47. The van der Waals surface area contributed by atoms with Gasteiger partial charge in [0.25, 0.3) is 0 Å². The van der Waals surface area contributed by atoms with E-state index in [1.165, 1.54) is 6.33 Å². The van der Waals surface area contributed by atoms with E-state index in [0.29, 0.717) is 12.1 Å². The lowest BCUT2D eigenvalue weighted by molar-refractivity contribution is -0.138. The quantitative estimate of drug-likeness (QED) is 0.714. The van der Waals surface area contributed by atoms with Crippen LogP contribution in [0.5, 0.6) is 0 Å². The minimum absolute atomic E-state index is 0.476. The van der Waals surface area contributed by atoms with Crippen LogP contribution < -0.4 is 0 Å². The molecule has 0 aliphatic carbocycles. The summed E-state index contributed by atoms with van der Waals surface area (Å²) in [5.41, 5.74) is 1.48. The number of nitrogens with one attached hydrogen (secondary N) is 1. The van der Waals surface area contributed by atoms with E-state index in [9.17, 15) is 4.79 Å². The second-order valence-corrected chi connectivity index (χ2v) is 2.71. The first-order chi connectivity index (χ1) is 5.66. The van der Waals surface area contributed by atoms with Crippen LogP contribution in [0.1, 0.15) is 30.7 Å². The highest BCUT2D eigenvalue weighted by atomic mass is 16.4. The number of carboxylic acids is 1. The molecule has 0 fully saturated rings. The van der Waals surface area contributed by atoms with Gasteiger partial charge in [0.1, 0.15) is 5.92 Å². The molecule has 0 aliphatic heterocycles. The van der Waals surface area contributed by atoms with Crippen LogP contribution in [0, 0.1) is 6.92 Å². The molecule has 0 bridgehead atoms. The molecule has 12 heavy (non-hydrogen) atoms. The van der Waals surface area contributed by atoms with Gasteiger partial charge in [0.15, 0.2) is 0 Å². The van der Waals surface area contributed by atoms with Gasteiger partial charge in [-0.3, -0.25) is 4.79 Å². The molecule has 1 atom stereocenters. The van der Waals surface area contributed by atoms with Crippen molar-refractivity contribution in [2.75, 3.05) is 0 Å². The second kappa shape index (κ2) is 3.38. The predicted molar refractivity (Wildman–Crippen MR) is 44.0 cm³/mol. The number of rotatable bonds is 3. The number of imidazole rings is 1. The molecule has 4 nitrogen and oxygen atoms in total. The number of aromatic nitrogens is 2. The summed E-state index contributed by atoms with van der Waals surface area (Å²) < 4.78 is 0. The molecule has 0 saturated heterocycles. The van der Waals surface area contributed by atoms with Crippen LogP contribution in [0.25, 0.3) is 0 Å². The number of aliphatic carboxylic acids is 1. The number of nitrogens with zero attached hydrogens (tertiary/aromatic N) is 1. The number of hydrogen-bond acceptors (Lipinski definition) is 2. The van der Waals surface area contributed by atoms with Gasteiger partial charge in [0.05, 0.1) is 12.0 Å². The summed E-state index contributed by atoms with van der Waals surface area (Å²) in [5.74, 6) is -1.29. The Labute approximate surface area is 70.6 Å². The SMILES string of the molecule is CCC(C(=O)O)c1nc[nH]c1C. The molecule has 4 heteroatoms. The van der Waals surface area contributed by atoms with Gasteiger partial charge in [0.2, 0.25) is 0 Å². The van der Waals surface area contributed by atoms with Crippen molar-refractivity contribution in [1.82, 2.24) is 9.97 Å². The molecule has 0 saturated carbocycles. The lowest BCUT2D eigenvalue weighted by Crippen LogP contribution is -2.11. The molecule has 1 heterocycles. The van der Waals surface area contributed by atoms with Gasteiger partial charge in [0, 0.05) is 5.69 Å². The van der Waals surface area contributed by atoms with Crippen molar-refractivity contribution in [3.05, 3.63) is 17.7 Å². The molecule has 1 aromatic rings. The summed E-state index contributed by atoms with van der Waals surface area (Å²) in [7, 11) is 0. The monoisotopic (exact) mass is 168 g/mol. The van der Waals surface area contributed by atoms with Gasteiger partial charge in [-0.2, -0.15) is 0 Å². The highest BCUT2D eigenvalue weighted by Gasteiger charge is 2.21. The van der Waals surface area contributed by atoms with Gasteiger partial charge >= 0.3 is 5.97 Å². The number of carbonyl (C=O) groups is 1. The third-order valence-corrected chi connectivity index (χ3v) is 1.91. The van der Waals surface area contributed by atoms with E-state index in [-0.39, 0.29) is 0 Å². The van der Waals surface area contributed by atoms with Crippen molar-refractivity contribution in [1.29, 1.82) is 0 Å². The fourth-order valence-electron chi connectivity index (χ4n) is 1.21. The molecular weight excluding hydrogens is 156 g/mol. The molecule has 1 unspecified atom stereocenters. The molecule has 66 valence electrons. The summed E-state index contributed by atoms with van der Waals surface area (Å²) in [4.78, 5) is 17.6. The second-order valence-electron chi connectivity index (χ2n) is 2.71. The van der Waals surface area contributed by atoms with Crippen molar-refractivity contribution in [2.45, 2.75) is 26.2 Å². The van der Waals surface area contributed by atoms with E-state index in [4.69, 9.17) is 5.11 Å². The van der Waals surface area contributed by atoms with Gasteiger partial charge in [-0.05, 0) is 13.3 Å². The highest BCUT2D eigenvalue weighted by molar-refractivity contribution is 5.75. The zero-order chi connectivity index (χ0) is 9.14. The standard InChI is InChI=1S/C8H12N2O2/c1-3-6(8(11)12)7-5(2)9-4-10-7/h4,6H,3H2,1-2H3,(H,9,10)(H,11,12). The molecule has 0 aliphatic rings. The molecule has 2 N–H and O–H groups in total. The summed E-state index contributed by atoms with van der Waals surface area (Å²) >= 11 is 0. The fraction of sp³-hybridized carbons (Fsp3) is 0.500. The third-order valence-electron chi connectivity index (χ3n) is 1.91. The zero-order valence-corrected chi connectivity index (χ0v) is 7.16. The predicted octanol–water partition coefficient (Wildman–Crippen LogP) is 1.30. The van der Waals surface area contributed by atoms with E-state index in [0.717, 1.165) is 5.69 Å². The number of hydrogen-bond donors (Lipinski definition) is 2. The molecular formula is C8H12N2O2. The fourth-order valence-corrected chi connectivity index (χ4v) is 1.21. The molecule has 0 spiro atoms. The van der Waals surface area contributed by atoms with Gasteiger partial charge in [-0.1, -0.05) is 6.92 Å². The van der Waals surface area contributed by atoms with Crippen LogP contribution in [0.4, 0.5) is 0 Å². The first kappa shape index (κ1) is 8.77. The molecule has 0 radical (unpaired) electrons. The average Bonchev–Trinajstić information content (AvgIpc) is 2.38. The van der Waals surface area contributed by atoms with Crippen molar-refractivity contribution in [2.24, 2.45) is 0 Å². The zero-order valence-electron chi connectivity index (χ0n) is 7.16. The minimum Gasteiger partial charge on any atom is -0.481 e. The van der Waals surface area contributed by atoms with Crippen LogP contribution in [0.3, 0.4) is 0 Å². The Morgan fingerprint density at radius 2 is 2.50 bits per heavy atom. The number of aryl methyl sites for hydroxylation is 1. The number of H-pyrrole nitrogens is 1. The maximum atomic E-state index is 10.7. The third kappa shape index (κ3) is 1.47. The molecule has 1 aromatic heterocycles. The normalized spacial score (nSPS) is 12.8. The van der Waals surface area contributed by atoms with Crippen LogP contribution in [-0.4, -0.2) is 21.0 Å². The van der Waals surface area contributed by atoms with Crippen LogP contribution in [-0.2, 0) is 4.79 Å². The maximum Gasteiger partial charge on any atom is 0.312 e. The Morgan fingerprint density at radius 1 is 1.83 bits per heavy atom. The smallest absolute Gasteiger partial charge is 0.312 e. The van der Waals surface area contributed by atoms with Crippen LogP contribution in [0.15, 0.2) is 6.33 Å². The highest BCUT2D eigenvalue weighted by Crippen LogP contribution is 2.19. The van der Waals surface area contributed by atoms with E-state index in [1.807, 2.05) is 13.8 Å². The lowest BCUT2D eigenvalue weighted by Gasteiger charge is -2.06.